The summed E-state index contributed by atoms with van der Waals surface area (Å²) < 4.78 is 25.1. The lowest BCUT2D eigenvalue weighted by Gasteiger charge is -2.33. The fourth-order valence-corrected chi connectivity index (χ4v) is 3.36. The molecule has 1 aromatic carbocycles. The van der Waals surface area contributed by atoms with Crippen LogP contribution >= 0.6 is 0 Å². The molecule has 0 aliphatic carbocycles. The summed E-state index contributed by atoms with van der Waals surface area (Å²) in [7, 11) is -3.02. The van der Waals surface area contributed by atoms with Crippen molar-refractivity contribution in [2.75, 3.05) is 38.5 Å². The molecule has 0 amide bonds. The van der Waals surface area contributed by atoms with Gasteiger partial charge in [0.25, 0.3) is 0 Å². The maximum absolute atomic E-state index is 11.8. The zero-order valence-electron chi connectivity index (χ0n) is 11.9. The first-order chi connectivity index (χ1) is 9.62. The Bertz CT molecular complexity index is 532. The number of rotatable bonds is 5. The first-order valence-corrected chi connectivity index (χ1v) is 8.64. The van der Waals surface area contributed by atoms with E-state index in [2.05, 4.69) is 29.2 Å². The zero-order valence-corrected chi connectivity index (χ0v) is 12.7. The Morgan fingerprint density at radius 3 is 2.35 bits per heavy atom. The predicted octanol–water partition coefficient (Wildman–Crippen LogP) is 1.67. The summed E-state index contributed by atoms with van der Waals surface area (Å²) in [4.78, 5) is 2.28. The summed E-state index contributed by atoms with van der Waals surface area (Å²) in [5.74, 6) is 0.195. The average molecular weight is 294 g/mol. The monoisotopic (exact) mass is 294 g/mol. The maximum atomic E-state index is 11.8. The minimum absolute atomic E-state index is 0.195. The first-order valence-electron chi connectivity index (χ1n) is 7.03. The summed E-state index contributed by atoms with van der Waals surface area (Å²) in [6, 6.07) is 10.2. The topological polar surface area (TPSA) is 40.6 Å². The molecule has 0 saturated carbocycles. The molecular formula is C15H22N2O2S. The summed E-state index contributed by atoms with van der Waals surface area (Å²) in [6.45, 7) is 5.39. The highest BCUT2D eigenvalue weighted by atomic mass is 32.2. The number of nitrogens with zero attached hydrogens (tertiary/aromatic N) is 2. The van der Waals surface area contributed by atoms with E-state index in [9.17, 15) is 8.42 Å². The van der Waals surface area contributed by atoms with Crippen LogP contribution in [-0.4, -0.2) is 56.1 Å². The van der Waals surface area contributed by atoms with Crippen LogP contribution in [0, 0.1) is 0 Å². The van der Waals surface area contributed by atoms with Crippen molar-refractivity contribution < 1.29 is 8.42 Å². The van der Waals surface area contributed by atoms with Gasteiger partial charge in [-0.3, -0.25) is 4.90 Å². The minimum atomic E-state index is -3.02. The second-order valence-electron chi connectivity index (χ2n) is 4.91. The van der Waals surface area contributed by atoms with Crippen molar-refractivity contribution in [1.29, 1.82) is 0 Å². The van der Waals surface area contributed by atoms with E-state index in [1.807, 2.05) is 18.2 Å². The van der Waals surface area contributed by atoms with Gasteiger partial charge < -0.3 is 0 Å². The molecule has 0 unspecified atom stereocenters. The van der Waals surface area contributed by atoms with Gasteiger partial charge in [-0.25, -0.2) is 8.42 Å². The molecule has 0 spiro atoms. The fraction of sp³-hybridized carbons (Fsp3) is 0.467. The molecular weight excluding hydrogens is 272 g/mol. The largest absolute Gasteiger partial charge is 0.297 e. The van der Waals surface area contributed by atoms with E-state index in [0.29, 0.717) is 13.1 Å². The lowest BCUT2D eigenvalue weighted by atomic mass is 10.2. The van der Waals surface area contributed by atoms with Crippen LogP contribution in [0.5, 0.6) is 0 Å². The zero-order chi connectivity index (χ0) is 14.4. The van der Waals surface area contributed by atoms with E-state index in [0.717, 1.165) is 19.6 Å². The van der Waals surface area contributed by atoms with Crippen LogP contribution in [0.3, 0.4) is 0 Å². The second-order valence-corrected chi connectivity index (χ2v) is 7.17. The number of hydrogen-bond acceptors (Lipinski definition) is 3. The van der Waals surface area contributed by atoms with E-state index in [1.54, 1.807) is 11.2 Å². The lowest BCUT2D eigenvalue weighted by Crippen LogP contribution is -2.48. The molecule has 1 fully saturated rings. The molecule has 0 bridgehead atoms. The normalized spacial score (nSPS) is 18.6. The van der Waals surface area contributed by atoms with Crippen molar-refractivity contribution in [3.63, 3.8) is 0 Å². The second kappa shape index (κ2) is 7.02. The molecule has 1 saturated heterocycles. The van der Waals surface area contributed by atoms with Crippen LogP contribution in [0.4, 0.5) is 0 Å². The quantitative estimate of drug-likeness (QED) is 0.829. The number of sulfonamides is 1. The van der Waals surface area contributed by atoms with Crippen LogP contribution < -0.4 is 0 Å². The molecule has 2 rings (SSSR count). The van der Waals surface area contributed by atoms with Crippen molar-refractivity contribution in [2.45, 2.75) is 6.92 Å². The van der Waals surface area contributed by atoms with E-state index in [4.69, 9.17) is 0 Å². The average Bonchev–Trinajstić information content (AvgIpc) is 2.49. The van der Waals surface area contributed by atoms with Crippen molar-refractivity contribution in [1.82, 2.24) is 9.21 Å². The van der Waals surface area contributed by atoms with Crippen LogP contribution in [0.15, 0.2) is 36.4 Å². The molecule has 5 heteroatoms. The van der Waals surface area contributed by atoms with E-state index in [1.165, 1.54) is 5.56 Å². The third kappa shape index (κ3) is 4.16. The molecule has 0 radical (unpaired) electrons. The van der Waals surface area contributed by atoms with Gasteiger partial charge in [-0.1, -0.05) is 42.5 Å². The highest BCUT2D eigenvalue weighted by Gasteiger charge is 2.24. The SMILES string of the molecule is CCS(=O)(=O)N1CCN(C/C=C/c2ccccc2)CC1. The predicted molar refractivity (Wildman–Crippen MR) is 82.9 cm³/mol. The van der Waals surface area contributed by atoms with Crippen molar-refractivity contribution >= 4 is 16.1 Å². The Hall–Kier alpha value is -1.17. The Balaban J connectivity index is 1.79. The number of benzene rings is 1. The smallest absolute Gasteiger partial charge is 0.213 e. The Kier molecular flexibility index (Phi) is 5.34. The summed E-state index contributed by atoms with van der Waals surface area (Å²) in [5, 5.41) is 0. The van der Waals surface area contributed by atoms with Gasteiger partial charge in [0, 0.05) is 32.7 Å². The van der Waals surface area contributed by atoms with Gasteiger partial charge in [0.15, 0.2) is 0 Å². The first kappa shape index (κ1) is 15.2. The number of hydrogen-bond donors (Lipinski definition) is 0. The van der Waals surface area contributed by atoms with Gasteiger partial charge in [0.2, 0.25) is 10.0 Å². The van der Waals surface area contributed by atoms with Gasteiger partial charge in [-0.2, -0.15) is 4.31 Å². The molecule has 20 heavy (non-hydrogen) atoms. The Morgan fingerprint density at radius 2 is 1.75 bits per heavy atom. The lowest BCUT2D eigenvalue weighted by molar-refractivity contribution is 0.205. The minimum Gasteiger partial charge on any atom is -0.297 e. The summed E-state index contributed by atoms with van der Waals surface area (Å²) in [6.07, 6.45) is 4.24. The van der Waals surface area contributed by atoms with Crippen LogP contribution in [-0.2, 0) is 10.0 Å². The molecule has 0 aromatic heterocycles. The van der Waals surface area contributed by atoms with Gasteiger partial charge in [0.1, 0.15) is 0 Å². The van der Waals surface area contributed by atoms with Crippen LogP contribution in [0.2, 0.25) is 0 Å². The van der Waals surface area contributed by atoms with Crippen molar-refractivity contribution in [2.24, 2.45) is 0 Å². The highest BCUT2D eigenvalue weighted by molar-refractivity contribution is 7.89. The van der Waals surface area contributed by atoms with Gasteiger partial charge in [-0.05, 0) is 12.5 Å². The molecule has 110 valence electrons. The van der Waals surface area contributed by atoms with Gasteiger partial charge in [-0.15, -0.1) is 0 Å². The molecule has 1 aliphatic heterocycles. The number of piperazine rings is 1. The van der Waals surface area contributed by atoms with Crippen molar-refractivity contribution in [3.05, 3.63) is 42.0 Å². The van der Waals surface area contributed by atoms with Gasteiger partial charge >= 0.3 is 0 Å². The molecule has 1 heterocycles. The van der Waals surface area contributed by atoms with Crippen LogP contribution in [0.1, 0.15) is 12.5 Å². The maximum Gasteiger partial charge on any atom is 0.213 e. The Labute approximate surface area is 121 Å². The van der Waals surface area contributed by atoms with E-state index >= 15 is 0 Å². The van der Waals surface area contributed by atoms with Gasteiger partial charge in [0.05, 0.1) is 5.75 Å². The molecule has 1 aliphatic rings. The molecule has 0 atom stereocenters. The van der Waals surface area contributed by atoms with Crippen molar-refractivity contribution in [3.8, 4) is 0 Å². The third-order valence-electron chi connectivity index (χ3n) is 3.56. The molecule has 4 nitrogen and oxygen atoms in total. The summed E-state index contributed by atoms with van der Waals surface area (Å²) in [5.41, 5.74) is 1.19. The third-order valence-corrected chi connectivity index (χ3v) is 5.44. The highest BCUT2D eigenvalue weighted by Crippen LogP contribution is 2.08. The van der Waals surface area contributed by atoms with E-state index < -0.39 is 10.0 Å². The fourth-order valence-electron chi connectivity index (χ4n) is 2.27. The molecule has 1 aromatic rings. The molecule has 0 N–H and O–H groups in total. The Morgan fingerprint density at radius 1 is 1.10 bits per heavy atom. The standard InChI is InChI=1S/C15H22N2O2S/c1-2-20(18,19)17-13-11-16(12-14-17)10-6-9-15-7-4-3-5-8-15/h3-9H,2,10-14H2,1H3/b9-6+. The van der Waals surface area contributed by atoms with E-state index in [-0.39, 0.29) is 5.75 Å². The summed E-state index contributed by atoms with van der Waals surface area (Å²) >= 11 is 0. The van der Waals surface area contributed by atoms with Crippen LogP contribution in [0.25, 0.3) is 6.08 Å².